The predicted molar refractivity (Wildman–Crippen MR) is 84.5 cm³/mol. The van der Waals surface area contributed by atoms with Gasteiger partial charge in [0, 0.05) is 10.8 Å². The second-order valence-corrected chi connectivity index (χ2v) is 5.69. The van der Waals surface area contributed by atoms with Gasteiger partial charge in [-0.2, -0.15) is 0 Å². The third-order valence-electron chi connectivity index (χ3n) is 2.71. The average Bonchev–Trinajstić information content (AvgIpc) is 2.43. The minimum atomic E-state index is -1.40. The zero-order chi connectivity index (χ0) is 15.0. The molecule has 1 aromatic carbocycles. The van der Waals surface area contributed by atoms with Gasteiger partial charge in [-0.25, -0.2) is 0 Å². The summed E-state index contributed by atoms with van der Waals surface area (Å²) in [5.41, 5.74) is 6.93. The first kappa shape index (κ1) is 16.1. The molecule has 2 N–H and O–H groups in total. The van der Waals surface area contributed by atoms with Crippen LogP contribution in [0.3, 0.4) is 0 Å². The van der Waals surface area contributed by atoms with E-state index in [0.717, 1.165) is 11.1 Å². The van der Waals surface area contributed by atoms with Crippen LogP contribution in [0.2, 0.25) is 0 Å². The van der Waals surface area contributed by atoms with Crippen LogP contribution in [0.25, 0.3) is 0 Å². The highest BCUT2D eigenvalue weighted by Crippen LogP contribution is 2.29. The highest BCUT2D eigenvalue weighted by Gasteiger charge is 2.22. The molecule has 0 aliphatic heterocycles. The van der Waals surface area contributed by atoms with Crippen LogP contribution in [0.5, 0.6) is 0 Å². The standard InChI is InChI=1S/C16H19NO2S/c1-3-5-9-13(4-2)16(20(19)12-15(17)18)14-10-7-6-8-11-14/h3-11,16H,1,12H2,2H3,(H2,17,18)/b9-5-,13-4+. The molecule has 1 rings (SSSR count). The van der Waals surface area contributed by atoms with E-state index < -0.39 is 16.7 Å². The van der Waals surface area contributed by atoms with Gasteiger partial charge in [0.1, 0.15) is 5.75 Å². The second-order valence-electron chi connectivity index (χ2n) is 4.17. The number of allylic oxidation sites excluding steroid dienone is 4. The molecule has 0 saturated carbocycles. The number of benzene rings is 1. The minimum Gasteiger partial charge on any atom is -0.369 e. The van der Waals surface area contributed by atoms with Crippen molar-refractivity contribution >= 4 is 16.7 Å². The number of amides is 1. The molecule has 0 bridgehead atoms. The molecule has 0 heterocycles. The van der Waals surface area contributed by atoms with E-state index in [2.05, 4.69) is 6.58 Å². The van der Waals surface area contributed by atoms with Crippen molar-refractivity contribution in [1.82, 2.24) is 0 Å². The monoisotopic (exact) mass is 289 g/mol. The Morgan fingerprint density at radius 1 is 1.40 bits per heavy atom. The summed E-state index contributed by atoms with van der Waals surface area (Å²) in [6.45, 7) is 5.50. The molecule has 0 aliphatic rings. The van der Waals surface area contributed by atoms with E-state index in [-0.39, 0.29) is 11.0 Å². The fraction of sp³-hybridized carbons (Fsp3) is 0.188. The van der Waals surface area contributed by atoms with Gasteiger partial charge in [-0.1, -0.05) is 61.2 Å². The van der Waals surface area contributed by atoms with E-state index in [1.54, 1.807) is 12.2 Å². The fourth-order valence-corrected chi connectivity index (χ4v) is 3.29. The summed E-state index contributed by atoms with van der Waals surface area (Å²) < 4.78 is 12.4. The molecule has 0 spiro atoms. The van der Waals surface area contributed by atoms with Crippen LogP contribution in [0.1, 0.15) is 17.7 Å². The zero-order valence-electron chi connectivity index (χ0n) is 11.5. The number of rotatable bonds is 7. The van der Waals surface area contributed by atoms with E-state index in [1.807, 2.05) is 49.4 Å². The number of hydrogen-bond acceptors (Lipinski definition) is 2. The third kappa shape index (κ3) is 4.63. The highest BCUT2D eigenvalue weighted by molar-refractivity contribution is 7.86. The summed E-state index contributed by atoms with van der Waals surface area (Å²) in [7, 11) is -1.40. The van der Waals surface area contributed by atoms with Gasteiger partial charge in [0.15, 0.2) is 0 Å². The van der Waals surface area contributed by atoms with Crippen molar-refractivity contribution < 1.29 is 9.00 Å². The molecule has 0 saturated heterocycles. The molecule has 0 fully saturated rings. The van der Waals surface area contributed by atoms with Crippen molar-refractivity contribution in [3.8, 4) is 0 Å². The third-order valence-corrected chi connectivity index (χ3v) is 4.35. The maximum atomic E-state index is 12.4. The fourth-order valence-electron chi connectivity index (χ4n) is 1.86. The molecule has 106 valence electrons. The summed E-state index contributed by atoms with van der Waals surface area (Å²) in [5, 5.41) is -0.370. The second kappa shape index (κ2) is 8.27. The molecule has 0 aliphatic carbocycles. The lowest BCUT2D eigenvalue weighted by molar-refractivity contribution is -0.115. The summed E-state index contributed by atoms with van der Waals surface area (Å²) in [5.74, 6) is -0.717. The summed E-state index contributed by atoms with van der Waals surface area (Å²) in [6, 6.07) is 9.46. The average molecular weight is 289 g/mol. The maximum Gasteiger partial charge on any atom is 0.230 e. The molecular formula is C16H19NO2S. The SMILES string of the molecule is C=C/C=C\C(=C/C)C(c1ccccc1)S(=O)CC(N)=O. The number of hydrogen-bond donors (Lipinski definition) is 1. The van der Waals surface area contributed by atoms with E-state index in [0.29, 0.717) is 0 Å². The van der Waals surface area contributed by atoms with Crippen LogP contribution in [0.4, 0.5) is 0 Å². The van der Waals surface area contributed by atoms with Crippen LogP contribution in [-0.4, -0.2) is 15.9 Å². The molecule has 4 heteroatoms. The van der Waals surface area contributed by atoms with Gasteiger partial charge in [0.05, 0.1) is 5.25 Å². The first-order chi connectivity index (χ1) is 9.60. The van der Waals surface area contributed by atoms with E-state index >= 15 is 0 Å². The van der Waals surface area contributed by atoms with Crippen LogP contribution in [0, 0.1) is 0 Å². The minimum absolute atomic E-state index is 0.154. The van der Waals surface area contributed by atoms with Crippen LogP contribution in [-0.2, 0) is 15.6 Å². The Bertz CT molecular complexity index is 547. The van der Waals surface area contributed by atoms with Crippen molar-refractivity contribution in [2.75, 3.05) is 5.75 Å². The number of carbonyl (C=O) groups is 1. The Hall–Kier alpha value is -1.94. The normalized spacial score (nSPS) is 14.9. The van der Waals surface area contributed by atoms with Gasteiger partial charge in [-0.3, -0.25) is 9.00 Å². The van der Waals surface area contributed by atoms with Gasteiger partial charge in [-0.15, -0.1) is 0 Å². The number of primary amides is 1. The summed E-state index contributed by atoms with van der Waals surface area (Å²) in [6.07, 6.45) is 7.18. The van der Waals surface area contributed by atoms with Crippen molar-refractivity contribution in [3.63, 3.8) is 0 Å². The lowest BCUT2D eigenvalue weighted by Gasteiger charge is -2.17. The van der Waals surface area contributed by atoms with Crippen molar-refractivity contribution in [3.05, 3.63) is 72.4 Å². The lowest BCUT2D eigenvalue weighted by Crippen LogP contribution is -2.23. The molecular weight excluding hydrogens is 270 g/mol. The van der Waals surface area contributed by atoms with Crippen molar-refractivity contribution in [2.45, 2.75) is 12.2 Å². The van der Waals surface area contributed by atoms with Gasteiger partial charge in [-0.05, 0) is 18.1 Å². The van der Waals surface area contributed by atoms with Crippen LogP contribution in [0.15, 0.2) is 66.8 Å². The van der Waals surface area contributed by atoms with E-state index in [4.69, 9.17) is 5.73 Å². The van der Waals surface area contributed by atoms with Gasteiger partial charge < -0.3 is 5.73 Å². The van der Waals surface area contributed by atoms with Gasteiger partial charge in [0.25, 0.3) is 0 Å². The first-order valence-electron chi connectivity index (χ1n) is 6.26. The highest BCUT2D eigenvalue weighted by atomic mass is 32.2. The molecule has 0 aromatic heterocycles. The Balaban J connectivity index is 3.20. The Kier molecular flexibility index (Phi) is 6.67. The molecule has 2 unspecified atom stereocenters. The van der Waals surface area contributed by atoms with Crippen molar-refractivity contribution in [1.29, 1.82) is 0 Å². The Morgan fingerprint density at radius 3 is 2.55 bits per heavy atom. The van der Waals surface area contributed by atoms with Crippen LogP contribution < -0.4 is 5.73 Å². The molecule has 2 atom stereocenters. The van der Waals surface area contributed by atoms with Gasteiger partial charge in [0.2, 0.25) is 5.91 Å². The zero-order valence-corrected chi connectivity index (χ0v) is 12.3. The largest absolute Gasteiger partial charge is 0.369 e. The van der Waals surface area contributed by atoms with Crippen LogP contribution >= 0.6 is 0 Å². The summed E-state index contributed by atoms with van der Waals surface area (Å²) >= 11 is 0. The molecule has 3 nitrogen and oxygen atoms in total. The number of nitrogens with two attached hydrogens (primary N) is 1. The van der Waals surface area contributed by atoms with E-state index in [1.165, 1.54) is 0 Å². The molecule has 1 amide bonds. The van der Waals surface area contributed by atoms with Gasteiger partial charge >= 0.3 is 0 Å². The quantitative estimate of drug-likeness (QED) is 0.784. The first-order valence-corrected chi connectivity index (χ1v) is 7.64. The molecule has 1 aromatic rings. The number of carbonyl (C=O) groups excluding carboxylic acids is 1. The Labute approximate surface area is 122 Å². The molecule has 20 heavy (non-hydrogen) atoms. The molecule has 0 radical (unpaired) electrons. The summed E-state index contributed by atoms with van der Waals surface area (Å²) in [4.78, 5) is 11.0. The topological polar surface area (TPSA) is 60.2 Å². The van der Waals surface area contributed by atoms with Crippen molar-refractivity contribution in [2.24, 2.45) is 5.73 Å². The lowest BCUT2D eigenvalue weighted by atomic mass is 10.0. The smallest absolute Gasteiger partial charge is 0.230 e. The predicted octanol–water partition coefficient (Wildman–Crippen LogP) is 2.65. The van der Waals surface area contributed by atoms with E-state index in [9.17, 15) is 9.00 Å². The maximum absolute atomic E-state index is 12.4. The Morgan fingerprint density at radius 2 is 2.05 bits per heavy atom.